The molecule has 0 radical (unpaired) electrons. The summed E-state index contributed by atoms with van der Waals surface area (Å²) >= 11 is 0. The van der Waals surface area contributed by atoms with Crippen molar-refractivity contribution in [2.45, 2.75) is 79.3 Å². The molecule has 0 fully saturated rings. The van der Waals surface area contributed by atoms with Crippen LogP contribution in [0.15, 0.2) is 41.2 Å². The zero-order valence-corrected chi connectivity index (χ0v) is 19.3. The maximum Gasteiger partial charge on any atom is 0.123 e. The van der Waals surface area contributed by atoms with E-state index in [1.54, 1.807) is 0 Å². The minimum absolute atomic E-state index is 0.0352. The third-order valence-electron chi connectivity index (χ3n) is 5.55. The van der Waals surface area contributed by atoms with Gasteiger partial charge in [0, 0.05) is 31.2 Å². The molecule has 0 amide bonds. The van der Waals surface area contributed by atoms with Gasteiger partial charge in [0.15, 0.2) is 0 Å². The van der Waals surface area contributed by atoms with Gasteiger partial charge in [-0.05, 0) is 47.3 Å². The second-order valence-electron chi connectivity index (χ2n) is 10.3. The first kappa shape index (κ1) is 23.5. The summed E-state index contributed by atoms with van der Waals surface area (Å²) in [6, 6.07) is 6.24. The Morgan fingerprint density at radius 2 is 1.69 bits per heavy atom. The first-order valence-electron chi connectivity index (χ1n) is 10.8. The molecule has 1 aliphatic carbocycles. The standard InChI is InChI=1S/C25H40N2O2/c1-17(27-16-19-11-9-13-21(23(19)29)25(5,6)7)14-26-15-18-10-8-12-20(22(18)28)24(2,3)4/h8,10,12-13,17,26-29H,9,11,14-16H2,1-7H3/t17-/m1/s1. The minimum Gasteiger partial charge on any atom is -0.508 e. The van der Waals surface area contributed by atoms with Crippen LogP contribution in [0.1, 0.15) is 72.4 Å². The highest BCUT2D eigenvalue weighted by Crippen LogP contribution is 2.36. The van der Waals surface area contributed by atoms with E-state index in [9.17, 15) is 10.2 Å². The molecule has 4 nitrogen and oxygen atoms in total. The number of allylic oxidation sites excluding steroid dienone is 2. The third-order valence-corrected chi connectivity index (χ3v) is 5.55. The molecule has 4 heteroatoms. The number of nitrogens with one attached hydrogen (secondary N) is 2. The number of phenolic OH excluding ortho intramolecular Hbond substituents is 1. The number of hydrogen-bond donors (Lipinski definition) is 4. The van der Waals surface area contributed by atoms with E-state index in [0.717, 1.165) is 41.7 Å². The fourth-order valence-corrected chi connectivity index (χ4v) is 3.76. The largest absolute Gasteiger partial charge is 0.508 e. The summed E-state index contributed by atoms with van der Waals surface area (Å²) in [7, 11) is 0. The van der Waals surface area contributed by atoms with Crippen molar-refractivity contribution in [1.82, 2.24) is 10.6 Å². The SMILES string of the molecule is C[C@H](CNCc1cccc(C(C)(C)C)c1O)NCC1=C(O)C(C(C)(C)C)=CCC1. The molecule has 0 bridgehead atoms. The summed E-state index contributed by atoms with van der Waals surface area (Å²) in [5.74, 6) is 0.868. The van der Waals surface area contributed by atoms with Crippen LogP contribution >= 0.6 is 0 Å². The maximum atomic E-state index is 10.7. The van der Waals surface area contributed by atoms with Crippen molar-refractivity contribution in [3.05, 3.63) is 52.3 Å². The number of hydrogen-bond acceptors (Lipinski definition) is 4. The van der Waals surface area contributed by atoms with Crippen LogP contribution in [0.2, 0.25) is 0 Å². The zero-order valence-electron chi connectivity index (χ0n) is 19.3. The number of aliphatic hydroxyl groups excluding tert-OH is 1. The molecule has 0 heterocycles. The van der Waals surface area contributed by atoms with Gasteiger partial charge in [0.1, 0.15) is 11.5 Å². The number of aliphatic hydroxyl groups is 1. The van der Waals surface area contributed by atoms with E-state index in [4.69, 9.17) is 0 Å². The summed E-state index contributed by atoms with van der Waals surface area (Å²) in [5.41, 5.74) is 3.94. The van der Waals surface area contributed by atoms with E-state index >= 15 is 0 Å². The highest BCUT2D eigenvalue weighted by atomic mass is 16.3. The van der Waals surface area contributed by atoms with Gasteiger partial charge in [-0.15, -0.1) is 0 Å². The Bertz CT molecular complexity index is 764. The topological polar surface area (TPSA) is 64.5 Å². The van der Waals surface area contributed by atoms with Gasteiger partial charge >= 0.3 is 0 Å². The van der Waals surface area contributed by atoms with Crippen LogP contribution in [-0.2, 0) is 12.0 Å². The second-order valence-corrected chi connectivity index (χ2v) is 10.3. The van der Waals surface area contributed by atoms with Gasteiger partial charge in [-0.25, -0.2) is 0 Å². The van der Waals surface area contributed by atoms with Gasteiger partial charge in [-0.2, -0.15) is 0 Å². The lowest BCUT2D eigenvalue weighted by molar-refractivity contribution is 0.361. The summed E-state index contributed by atoms with van der Waals surface area (Å²) in [5, 5.41) is 28.2. The predicted octanol–water partition coefficient (Wildman–Crippen LogP) is 5.34. The molecule has 4 N–H and O–H groups in total. The van der Waals surface area contributed by atoms with Gasteiger partial charge < -0.3 is 20.8 Å². The van der Waals surface area contributed by atoms with E-state index in [2.05, 4.69) is 65.2 Å². The molecule has 29 heavy (non-hydrogen) atoms. The molecule has 0 saturated heterocycles. The molecule has 0 aromatic heterocycles. The van der Waals surface area contributed by atoms with Crippen LogP contribution in [0.3, 0.4) is 0 Å². The normalized spacial score (nSPS) is 16.7. The van der Waals surface area contributed by atoms with E-state index in [1.807, 2.05) is 18.2 Å². The number of para-hydroxylation sites is 1. The molecule has 1 aromatic rings. The van der Waals surface area contributed by atoms with Crippen molar-refractivity contribution in [2.24, 2.45) is 5.41 Å². The van der Waals surface area contributed by atoms with Crippen LogP contribution in [0.25, 0.3) is 0 Å². The molecule has 1 atom stereocenters. The summed E-state index contributed by atoms with van der Waals surface area (Å²) in [6.45, 7) is 17.0. The van der Waals surface area contributed by atoms with Gasteiger partial charge in [0.2, 0.25) is 0 Å². The number of phenols is 1. The van der Waals surface area contributed by atoms with E-state index in [-0.39, 0.29) is 16.9 Å². The van der Waals surface area contributed by atoms with Crippen molar-refractivity contribution in [2.75, 3.05) is 13.1 Å². The van der Waals surface area contributed by atoms with Crippen LogP contribution in [-0.4, -0.2) is 29.3 Å². The van der Waals surface area contributed by atoms with Crippen molar-refractivity contribution in [3.8, 4) is 5.75 Å². The van der Waals surface area contributed by atoms with E-state index in [1.165, 1.54) is 0 Å². The smallest absolute Gasteiger partial charge is 0.123 e. The highest BCUT2D eigenvalue weighted by molar-refractivity contribution is 5.44. The third kappa shape index (κ3) is 6.35. The Balaban J connectivity index is 1.87. The Labute approximate surface area is 177 Å². The molecule has 0 saturated carbocycles. The highest BCUT2D eigenvalue weighted by Gasteiger charge is 2.25. The Morgan fingerprint density at radius 3 is 2.31 bits per heavy atom. The quantitative estimate of drug-likeness (QED) is 0.499. The monoisotopic (exact) mass is 400 g/mol. The van der Waals surface area contributed by atoms with Crippen molar-refractivity contribution in [1.29, 1.82) is 0 Å². The number of aromatic hydroxyl groups is 1. The van der Waals surface area contributed by atoms with Gasteiger partial charge in [0.05, 0.1) is 0 Å². The lowest BCUT2D eigenvalue weighted by atomic mass is 9.80. The minimum atomic E-state index is -0.0784. The second kappa shape index (κ2) is 9.36. The molecular weight excluding hydrogens is 360 g/mol. The zero-order chi connectivity index (χ0) is 21.8. The first-order chi connectivity index (χ1) is 13.4. The molecule has 0 spiro atoms. The fourth-order valence-electron chi connectivity index (χ4n) is 3.76. The van der Waals surface area contributed by atoms with Crippen molar-refractivity contribution >= 4 is 0 Å². The maximum absolute atomic E-state index is 10.7. The molecule has 1 aromatic carbocycles. The lowest BCUT2D eigenvalue weighted by Gasteiger charge is -2.28. The summed E-state index contributed by atoms with van der Waals surface area (Å²) in [6.07, 6.45) is 4.07. The van der Waals surface area contributed by atoms with Crippen LogP contribution in [0.4, 0.5) is 0 Å². The molecule has 0 unspecified atom stereocenters. The van der Waals surface area contributed by atoms with Gasteiger partial charge in [-0.3, -0.25) is 0 Å². The van der Waals surface area contributed by atoms with Crippen molar-refractivity contribution in [3.63, 3.8) is 0 Å². The molecule has 0 aliphatic heterocycles. The van der Waals surface area contributed by atoms with E-state index in [0.29, 0.717) is 24.6 Å². The Morgan fingerprint density at radius 1 is 1.00 bits per heavy atom. The van der Waals surface area contributed by atoms with Gasteiger partial charge in [0.25, 0.3) is 0 Å². The van der Waals surface area contributed by atoms with E-state index < -0.39 is 0 Å². The fraction of sp³-hybridized carbons (Fsp3) is 0.600. The van der Waals surface area contributed by atoms with Crippen molar-refractivity contribution < 1.29 is 10.2 Å². The number of rotatable bonds is 7. The predicted molar refractivity (Wildman–Crippen MR) is 122 cm³/mol. The van der Waals surface area contributed by atoms with Crippen LogP contribution in [0, 0.1) is 5.41 Å². The average molecular weight is 401 g/mol. The summed E-state index contributed by atoms with van der Waals surface area (Å²) < 4.78 is 0. The Kier molecular flexibility index (Phi) is 7.58. The average Bonchev–Trinajstić information content (AvgIpc) is 2.60. The lowest BCUT2D eigenvalue weighted by Crippen LogP contribution is -2.37. The van der Waals surface area contributed by atoms with Crippen LogP contribution < -0.4 is 10.6 Å². The molecule has 162 valence electrons. The molecule has 2 rings (SSSR count). The van der Waals surface area contributed by atoms with Crippen LogP contribution in [0.5, 0.6) is 5.75 Å². The molecule has 1 aliphatic rings. The van der Waals surface area contributed by atoms with Gasteiger partial charge in [-0.1, -0.05) is 65.8 Å². The Hall–Kier alpha value is -1.78. The first-order valence-corrected chi connectivity index (χ1v) is 10.8. The molecular formula is C25H40N2O2. The summed E-state index contributed by atoms with van der Waals surface area (Å²) in [4.78, 5) is 0. The number of benzene rings is 1.